The summed E-state index contributed by atoms with van der Waals surface area (Å²) in [5.74, 6) is -0.979. The topological polar surface area (TPSA) is 84.7 Å². The molecule has 3 N–H and O–H groups in total. The molecule has 1 saturated carbocycles. The molecule has 1 aliphatic heterocycles. The highest BCUT2D eigenvalue weighted by Gasteiger charge is 2.44. The summed E-state index contributed by atoms with van der Waals surface area (Å²) in [4.78, 5) is 26.5. The Morgan fingerprint density at radius 2 is 2.00 bits per heavy atom. The number of carbonyl (C=O) groups excluding carboxylic acids is 2. The summed E-state index contributed by atoms with van der Waals surface area (Å²) in [6.45, 7) is 7.02. The minimum absolute atomic E-state index is 0.0565. The molecule has 3 atom stereocenters. The Morgan fingerprint density at radius 1 is 1.33 bits per heavy atom. The van der Waals surface area contributed by atoms with Gasteiger partial charge in [-0.3, -0.25) is 4.90 Å². The van der Waals surface area contributed by atoms with Crippen LogP contribution in [0.2, 0.25) is 0 Å². The molecule has 21 heavy (non-hydrogen) atoms. The molecular formula is C15H27N3O3. The summed E-state index contributed by atoms with van der Waals surface area (Å²) < 4.78 is 5.11. The summed E-state index contributed by atoms with van der Waals surface area (Å²) in [7, 11) is 0. The number of nitrogens with two attached hydrogens (primary N) is 1. The molecule has 120 valence electrons. The third-order valence-corrected chi connectivity index (χ3v) is 4.97. The molecule has 6 nitrogen and oxygen atoms in total. The van der Waals surface area contributed by atoms with E-state index in [-0.39, 0.29) is 5.92 Å². The van der Waals surface area contributed by atoms with Gasteiger partial charge in [0.05, 0.1) is 0 Å². The highest BCUT2D eigenvalue weighted by atomic mass is 16.6. The quantitative estimate of drug-likeness (QED) is 0.574. The maximum absolute atomic E-state index is 12.3. The van der Waals surface area contributed by atoms with Crippen LogP contribution in [0.4, 0.5) is 0 Å². The average Bonchev–Trinajstić information content (AvgIpc) is 2.50. The lowest BCUT2D eigenvalue weighted by molar-refractivity contribution is -0.169. The monoisotopic (exact) mass is 297 g/mol. The smallest absolute Gasteiger partial charge is 0.334 e. The Labute approximate surface area is 126 Å². The molecule has 0 aromatic heterocycles. The summed E-state index contributed by atoms with van der Waals surface area (Å²) in [6, 6.07) is -0.404. The van der Waals surface area contributed by atoms with E-state index in [1.165, 1.54) is 0 Å². The number of nitrogens with zero attached hydrogens (tertiary/aromatic N) is 1. The van der Waals surface area contributed by atoms with Crippen molar-refractivity contribution in [3.63, 3.8) is 0 Å². The predicted octanol–water partition coefficient (Wildman–Crippen LogP) is 0.258. The van der Waals surface area contributed by atoms with E-state index < -0.39 is 23.5 Å². The van der Waals surface area contributed by atoms with Crippen LogP contribution in [0.5, 0.6) is 0 Å². The fourth-order valence-corrected chi connectivity index (χ4v) is 3.17. The normalized spacial score (nSPS) is 32.4. The Bertz CT molecular complexity index is 396. The van der Waals surface area contributed by atoms with E-state index in [0.717, 1.165) is 45.4 Å². The number of nitrogens with one attached hydrogen (secondary N) is 1. The largest absolute Gasteiger partial charge is 0.391 e. The molecule has 0 spiro atoms. The van der Waals surface area contributed by atoms with Crippen LogP contribution in [0, 0.1) is 5.92 Å². The zero-order valence-corrected chi connectivity index (χ0v) is 13.1. The van der Waals surface area contributed by atoms with Gasteiger partial charge >= 0.3 is 11.9 Å². The zero-order chi connectivity index (χ0) is 15.5. The highest BCUT2D eigenvalue weighted by molar-refractivity contribution is 5.93. The van der Waals surface area contributed by atoms with Gasteiger partial charge in [-0.15, -0.1) is 0 Å². The molecule has 0 radical (unpaired) electrons. The SMILES string of the molecule is CC1CCCCC1(N)C(=O)OC(=O)[C@H](C)N1CCNCC1. The van der Waals surface area contributed by atoms with Crippen molar-refractivity contribution in [2.24, 2.45) is 11.7 Å². The molecule has 2 fully saturated rings. The minimum Gasteiger partial charge on any atom is -0.391 e. The first-order valence-electron chi connectivity index (χ1n) is 7.95. The summed E-state index contributed by atoms with van der Waals surface area (Å²) in [5, 5.41) is 3.23. The summed E-state index contributed by atoms with van der Waals surface area (Å²) in [5.41, 5.74) is 5.22. The second kappa shape index (κ2) is 6.85. The van der Waals surface area contributed by atoms with Gasteiger partial charge in [-0.1, -0.05) is 19.8 Å². The Morgan fingerprint density at radius 3 is 2.62 bits per heavy atom. The van der Waals surface area contributed by atoms with Gasteiger partial charge in [0.2, 0.25) is 0 Å². The van der Waals surface area contributed by atoms with Crippen LogP contribution in [0.1, 0.15) is 39.5 Å². The van der Waals surface area contributed by atoms with E-state index in [2.05, 4.69) is 5.32 Å². The van der Waals surface area contributed by atoms with Gasteiger partial charge < -0.3 is 15.8 Å². The van der Waals surface area contributed by atoms with Crippen molar-refractivity contribution >= 4 is 11.9 Å². The summed E-state index contributed by atoms with van der Waals surface area (Å²) >= 11 is 0. The van der Waals surface area contributed by atoms with Crippen LogP contribution in [0.15, 0.2) is 0 Å². The molecule has 1 aliphatic carbocycles. The molecule has 6 heteroatoms. The molecule has 1 heterocycles. The minimum atomic E-state index is -1.00. The molecule has 1 saturated heterocycles. The van der Waals surface area contributed by atoms with Gasteiger partial charge in [-0.2, -0.15) is 0 Å². The van der Waals surface area contributed by atoms with Crippen molar-refractivity contribution in [1.82, 2.24) is 10.2 Å². The van der Waals surface area contributed by atoms with Crippen LogP contribution in [-0.2, 0) is 14.3 Å². The second-order valence-corrected chi connectivity index (χ2v) is 6.36. The standard InChI is InChI=1S/C15H27N3O3/c1-11-5-3-4-6-15(11,16)14(20)21-13(19)12(2)18-9-7-17-8-10-18/h11-12,17H,3-10,16H2,1-2H3/t11?,12-,15?/m0/s1. The van der Waals surface area contributed by atoms with Crippen molar-refractivity contribution in [1.29, 1.82) is 0 Å². The fraction of sp³-hybridized carbons (Fsp3) is 0.867. The average molecular weight is 297 g/mol. The van der Waals surface area contributed by atoms with Gasteiger partial charge in [0.25, 0.3) is 0 Å². The van der Waals surface area contributed by atoms with Gasteiger partial charge in [0, 0.05) is 26.2 Å². The van der Waals surface area contributed by atoms with E-state index >= 15 is 0 Å². The van der Waals surface area contributed by atoms with Crippen molar-refractivity contribution in [2.75, 3.05) is 26.2 Å². The van der Waals surface area contributed by atoms with Gasteiger partial charge in [0.1, 0.15) is 11.6 Å². The van der Waals surface area contributed by atoms with Gasteiger partial charge in [-0.05, 0) is 25.7 Å². The lowest BCUT2D eigenvalue weighted by Crippen LogP contribution is -2.57. The molecule has 2 aliphatic rings. The number of esters is 2. The highest BCUT2D eigenvalue weighted by Crippen LogP contribution is 2.32. The molecule has 0 bridgehead atoms. The number of rotatable bonds is 3. The number of piperazine rings is 1. The third kappa shape index (κ3) is 3.62. The Balaban J connectivity index is 1.93. The molecule has 2 unspecified atom stereocenters. The molecule has 0 aromatic carbocycles. The summed E-state index contributed by atoms with van der Waals surface area (Å²) in [6.07, 6.45) is 3.51. The first-order valence-corrected chi connectivity index (χ1v) is 7.95. The van der Waals surface area contributed by atoms with Crippen molar-refractivity contribution in [3.8, 4) is 0 Å². The van der Waals surface area contributed by atoms with Crippen LogP contribution in [0.3, 0.4) is 0 Å². The van der Waals surface area contributed by atoms with E-state index in [0.29, 0.717) is 6.42 Å². The first-order chi connectivity index (χ1) is 9.95. The van der Waals surface area contributed by atoms with Crippen LogP contribution >= 0.6 is 0 Å². The maximum Gasteiger partial charge on any atom is 0.334 e. The lowest BCUT2D eigenvalue weighted by Gasteiger charge is -2.37. The Hall–Kier alpha value is -0.980. The number of hydrogen-bond acceptors (Lipinski definition) is 6. The Kier molecular flexibility index (Phi) is 5.35. The maximum atomic E-state index is 12.3. The second-order valence-electron chi connectivity index (χ2n) is 6.36. The molecular weight excluding hydrogens is 270 g/mol. The van der Waals surface area contributed by atoms with E-state index in [9.17, 15) is 9.59 Å². The third-order valence-electron chi connectivity index (χ3n) is 4.97. The number of hydrogen-bond donors (Lipinski definition) is 2. The van der Waals surface area contributed by atoms with E-state index in [1.54, 1.807) is 6.92 Å². The molecule has 0 aromatic rings. The number of carbonyl (C=O) groups is 2. The van der Waals surface area contributed by atoms with Crippen molar-refractivity contribution < 1.29 is 14.3 Å². The van der Waals surface area contributed by atoms with E-state index in [1.807, 2.05) is 11.8 Å². The zero-order valence-electron chi connectivity index (χ0n) is 13.1. The first kappa shape index (κ1) is 16.4. The van der Waals surface area contributed by atoms with Crippen molar-refractivity contribution in [2.45, 2.75) is 51.1 Å². The fourth-order valence-electron chi connectivity index (χ4n) is 3.17. The van der Waals surface area contributed by atoms with Crippen LogP contribution in [0.25, 0.3) is 0 Å². The van der Waals surface area contributed by atoms with Gasteiger partial charge in [-0.25, -0.2) is 9.59 Å². The van der Waals surface area contributed by atoms with E-state index in [4.69, 9.17) is 10.5 Å². The number of ether oxygens (including phenoxy) is 1. The van der Waals surface area contributed by atoms with Crippen molar-refractivity contribution in [3.05, 3.63) is 0 Å². The predicted molar refractivity (Wildman–Crippen MR) is 79.6 cm³/mol. The molecule has 2 rings (SSSR count). The van der Waals surface area contributed by atoms with Crippen LogP contribution < -0.4 is 11.1 Å². The molecule has 0 amide bonds. The van der Waals surface area contributed by atoms with Gasteiger partial charge in [0.15, 0.2) is 0 Å². The van der Waals surface area contributed by atoms with Crippen LogP contribution in [-0.4, -0.2) is 54.6 Å². The lowest BCUT2D eigenvalue weighted by atomic mass is 9.74.